The monoisotopic (exact) mass is 371 g/mol. The molecule has 0 fully saturated rings. The first kappa shape index (κ1) is 20.1. The number of rotatable bonds is 8. The number of nitrogens with zero attached hydrogens (tertiary/aromatic N) is 3. The van der Waals surface area contributed by atoms with Crippen LogP contribution in [0.15, 0.2) is 18.2 Å². The van der Waals surface area contributed by atoms with Crippen molar-refractivity contribution in [2.45, 2.75) is 40.2 Å². The molecule has 0 saturated carbocycles. The minimum absolute atomic E-state index is 0.0799. The van der Waals surface area contributed by atoms with E-state index < -0.39 is 17.9 Å². The molecule has 9 nitrogen and oxygen atoms in total. The van der Waals surface area contributed by atoms with Crippen LogP contribution in [0.1, 0.15) is 41.9 Å². The van der Waals surface area contributed by atoms with E-state index in [0.29, 0.717) is 6.42 Å². The summed E-state index contributed by atoms with van der Waals surface area (Å²) >= 11 is 0. The lowest BCUT2D eigenvalue weighted by Crippen LogP contribution is -2.37. The lowest BCUT2D eigenvalue weighted by atomic mass is 10.0. The van der Waals surface area contributed by atoms with E-state index in [4.69, 9.17) is 11.5 Å². The van der Waals surface area contributed by atoms with Crippen molar-refractivity contribution in [2.24, 2.45) is 17.4 Å². The Labute approximate surface area is 158 Å². The highest BCUT2D eigenvalue weighted by Crippen LogP contribution is 2.21. The van der Waals surface area contributed by atoms with Crippen LogP contribution < -0.4 is 22.1 Å². The molecular weight excluding hydrogens is 346 g/mol. The van der Waals surface area contributed by atoms with E-state index in [9.17, 15) is 9.59 Å². The smallest absolute Gasteiger partial charge is 0.273 e. The van der Waals surface area contributed by atoms with Gasteiger partial charge in [-0.2, -0.15) is 4.98 Å². The van der Waals surface area contributed by atoms with Crippen molar-refractivity contribution in [3.05, 3.63) is 35.0 Å². The molecule has 0 radical (unpaired) electrons. The zero-order valence-electron chi connectivity index (χ0n) is 15.9. The average molecular weight is 371 g/mol. The van der Waals surface area contributed by atoms with Crippen molar-refractivity contribution in [2.75, 3.05) is 10.6 Å². The van der Waals surface area contributed by atoms with E-state index in [1.54, 1.807) is 0 Å². The lowest BCUT2D eigenvalue weighted by Gasteiger charge is -2.18. The number of nitrogens with one attached hydrogen (secondary N) is 2. The van der Waals surface area contributed by atoms with Crippen molar-refractivity contribution in [3.8, 4) is 0 Å². The molecule has 9 heteroatoms. The second-order valence-corrected chi connectivity index (χ2v) is 6.93. The molecule has 1 atom stereocenters. The molecule has 2 aromatic rings. The highest BCUT2D eigenvalue weighted by Gasteiger charge is 2.20. The van der Waals surface area contributed by atoms with Crippen LogP contribution in [0.25, 0.3) is 0 Å². The Balaban J connectivity index is 2.35. The van der Waals surface area contributed by atoms with E-state index in [-0.39, 0.29) is 23.4 Å². The third-order valence-electron chi connectivity index (χ3n) is 3.76. The molecule has 0 aliphatic carbocycles. The largest absolute Gasteiger partial charge is 0.368 e. The maximum absolute atomic E-state index is 11.7. The van der Waals surface area contributed by atoms with Crippen LogP contribution in [0.2, 0.25) is 0 Å². The van der Waals surface area contributed by atoms with Crippen LogP contribution in [0.4, 0.5) is 17.5 Å². The molecule has 0 bridgehead atoms. The summed E-state index contributed by atoms with van der Waals surface area (Å²) in [5.41, 5.74) is 13.5. The Kier molecular flexibility index (Phi) is 6.27. The van der Waals surface area contributed by atoms with Crippen molar-refractivity contribution >= 4 is 29.3 Å². The van der Waals surface area contributed by atoms with Crippen molar-refractivity contribution in [1.29, 1.82) is 0 Å². The molecular formula is C18H25N7O2. The van der Waals surface area contributed by atoms with Gasteiger partial charge in [-0.25, -0.2) is 0 Å². The number of benzene rings is 1. The van der Waals surface area contributed by atoms with Gasteiger partial charge in [0.2, 0.25) is 11.9 Å². The van der Waals surface area contributed by atoms with Gasteiger partial charge in [0.1, 0.15) is 6.04 Å². The highest BCUT2D eigenvalue weighted by atomic mass is 16.1. The number of carbonyl (C=O) groups excluding carboxylic acids is 2. The minimum atomic E-state index is -0.762. The SMILES string of the molecule is Cc1cc(C)cc(Nc2nc(N[C@H](CC(C)C)C(N)=O)nnc2C(N)=O)c1. The molecule has 1 aromatic carbocycles. The summed E-state index contributed by atoms with van der Waals surface area (Å²) in [7, 11) is 0. The zero-order chi connectivity index (χ0) is 20.1. The highest BCUT2D eigenvalue weighted by molar-refractivity contribution is 5.96. The fraction of sp³-hybridized carbons (Fsp3) is 0.389. The molecule has 0 aliphatic heterocycles. The normalized spacial score (nSPS) is 11.9. The summed E-state index contributed by atoms with van der Waals surface area (Å²) in [4.78, 5) is 27.6. The van der Waals surface area contributed by atoms with Crippen LogP contribution in [0, 0.1) is 19.8 Å². The van der Waals surface area contributed by atoms with Gasteiger partial charge in [0, 0.05) is 5.69 Å². The lowest BCUT2D eigenvalue weighted by molar-refractivity contribution is -0.119. The summed E-state index contributed by atoms with van der Waals surface area (Å²) in [6.45, 7) is 7.86. The van der Waals surface area contributed by atoms with Crippen LogP contribution in [-0.4, -0.2) is 33.0 Å². The van der Waals surface area contributed by atoms with Crippen LogP contribution in [0.3, 0.4) is 0 Å². The first-order chi connectivity index (χ1) is 12.7. The Morgan fingerprint density at radius 3 is 2.22 bits per heavy atom. The third kappa shape index (κ3) is 5.63. The topological polar surface area (TPSA) is 149 Å². The van der Waals surface area contributed by atoms with Gasteiger partial charge in [-0.1, -0.05) is 19.9 Å². The van der Waals surface area contributed by atoms with Crippen LogP contribution in [-0.2, 0) is 4.79 Å². The molecule has 2 amide bonds. The predicted molar refractivity (Wildman–Crippen MR) is 104 cm³/mol. The Hall–Kier alpha value is -3.23. The standard InChI is InChI=1S/C18H25N7O2/c1-9(2)5-13(15(19)26)22-18-23-17(14(16(20)27)24-25-18)21-12-7-10(3)6-11(4)8-12/h6-9,13H,5H2,1-4H3,(H2,19,26)(H2,20,27)(H2,21,22,23,25)/t13-/m1/s1. The number of carbonyl (C=O) groups is 2. The summed E-state index contributed by atoms with van der Waals surface area (Å²) in [5, 5.41) is 13.6. The number of anilines is 3. The van der Waals surface area contributed by atoms with Gasteiger partial charge in [0.25, 0.3) is 5.91 Å². The number of amides is 2. The molecule has 27 heavy (non-hydrogen) atoms. The van der Waals surface area contributed by atoms with Crippen molar-refractivity contribution < 1.29 is 9.59 Å². The summed E-state index contributed by atoms with van der Waals surface area (Å²) in [6, 6.07) is 5.17. The van der Waals surface area contributed by atoms with E-state index in [0.717, 1.165) is 16.8 Å². The molecule has 0 spiro atoms. The molecule has 0 unspecified atom stereocenters. The second kappa shape index (κ2) is 8.43. The van der Waals surface area contributed by atoms with Gasteiger partial charge >= 0.3 is 0 Å². The van der Waals surface area contributed by atoms with Gasteiger partial charge in [-0.15, -0.1) is 10.2 Å². The van der Waals surface area contributed by atoms with E-state index >= 15 is 0 Å². The van der Waals surface area contributed by atoms with Gasteiger partial charge < -0.3 is 22.1 Å². The van der Waals surface area contributed by atoms with Gasteiger partial charge in [-0.3, -0.25) is 9.59 Å². The molecule has 6 N–H and O–H groups in total. The second-order valence-electron chi connectivity index (χ2n) is 6.93. The summed E-state index contributed by atoms with van der Waals surface area (Å²) < 4.78 is 0. The van der Waals surface area contributed by atoms with E-state index in [1.165, 1.54) is 0 Å². The van der Waals surface area contributed by atoms with Gasteiger partial charge in [-0.05, 0) is 49.4 Å². The number of primary amides is 2. The maximum Gasteiger partial charge on any atom is 0.273 e. The number of hydrogen-bond acceptors (Lipinski definition) is 7. The molecule has 0 aliphatic rings. The van der Waals surface area contributed by atoms with Gasteiger partial charge in [0.15, 0.2) is 11.5 Å². The zero-order valence-corrected chi connectivity index (χ0v) is 15.9. The first-order valence-electron chi connectivity index (χ1n) is 8.61. The summed E-state index contributed by atoms with van der Waals surface area (Å²) in [5.74, 6) is -0.813. The van der Waals surface area contributed by atoms with E-state index in [2.05, 4.69) is 25.8 Å². The van der Waals surface area contributed by atoms with Gasteiger partial charge in [0.05, 0.1) is 0 Å². The molecule has 1 heterocycles. The number of nitrogens with two attached hydrogens (primary N) is 2. The third-order valence-corrected chi connectivity index (χ3v) is 3.76. The fourth-order valence-electron chi connectivity index (χ4n) is 2.70. The predicted octanol–water partition coefficient (Wildman–Crippen LogP) is 1.64. The summed E-state index contributed by atoms with van der Waals surface area (Å²) in [6.07, 6.45) is 0.510. The number of aryl methyl sites for hydroxylation is 2. The fourth-order valence-corrected chi connectivity index (χ4v) is 2.70. The minimum Gasteiger partial charge on any atom is -0.368 e. The average Bonchev–Trinajstić information content (AvgIpc) is 2.52. The Bertz CT molecular complexity index is 831. The number of hydrogen-bond donors (Lipinski definition) is 4. The maximum atomic E-state index is 11.7. The molecule has 0 saturated heterocycles. The van der Waals surface area contributed by atoms with E-state index in [1.807, 2.05) is 45.9 Å². The number of aromatic nitrogens is 3. The molecule has 2 rings (SSSR count). The molecule has 144 valence electrons. The van der Waals surface area contributed by atoms with Crippen LogP contribution in [0.5, 0.6) is 0 Å². The van der Waals surface area contributed by atoms with Crippen molar-refractivity contribution in [3.63, 3.8) is 0 Å². The van der Waals surface area contributed by atoms with Crippen LogP contribution >= 0.6 is 0 Å². The quantitative estimate of drug-likeness (QED) is 0.551. The Morgan fingerprint density at radius 2 is 1.70 bits per heavy atom. The Morgan fingerprint density at radius 1 is 1.07 bits per heavy atom. The molecule has 1 aromatic heterocycles. The van der Waals surface area contributed by atoms with Crippen molar-refractivity contribution in [1.82, 2.24) is 15.2 Å². The first-order valence-corrected chi connectivity index (χ1v) is 8.61.